The normalized spacial score (nSPS) is 23.2. The summed E-state index contributed by atoms with van der Waals surface area (Å²) in [5, 5.41) is 4.68. The summed E-state index contributed by atoms with van der Waals surface area (Å²) in [5.41, 5.74) is 0. The van der Waals surface area contributed by atoms with E-state index < -0.39 is 0 Å². The summed E-state index contributed by atoms with van der Waals surface area (Å²) in [6, 6.07) is 0.713. The van der Waals surface area contributed by atoms with Crippen molar-refractivity contribution in [1.82, 2.24) is 10.3 Å². The molecule has 2 heterocycles. The van der Waals surface area contributed by atoms with E-state index in [1.54, 1.807) is 0 Å². The van der Waals surface area contributed by atoms with Crippen molar-refractivity contribution < 1.29 is 0 Å². The lowest BCUT2D eigenvalue weighted by Crippen LogP contribution is -2.23. The number of nitrogens with zero attached hydrogens (tertiary/aromatic N) is 1. The zero-order valence-corrected chi connectivity index (χ0v) is 8.16. The van der Waals surface area contributed by atoms with E-state index in [0.717, 1.165) is 0 Å². The molecular weight excluding hydrogens is 168 g/mol. The molecule has 0 bridgehead atoms. The van der Waals surface area contributed by atoms with Gasteiger partial charge in [0.25, 0.3) is 0 Å². The van der Waals surface area contributed by atoms with Crippen LogP contribution in [-0.4, -0.2) is 17.6 Å². The SMILES string of the molecule is Cc1ncc(CC2CCCN2)s1. The molecule has 1 aliphatic rings. The maximum atomic E-state index is 4.25. The van der Waals surface area contributed by atoms with Crippen molar-refractivity contribution in [3.63, 3.8) is 0 Å². The van der Waals surface area contributed by atoms with Gasteiger partial charge in [0.2, 0.25) is 0 Å². The minimum atomic E-state index is 0.713. The van der Waals surface area contributed by atoms with Gasteiger partial charge < -0.3 is 5.32 Å². The Labute approximate surface area is 77.0 Å². The summed E-state index contributed by atoms with van der Waals surface area (Å²) in [6.07, 6.45) is 5.85. The summed E-state index contributed by atoms with van der Waals surface area (Å²) in [5.74, 6) is 0. The molecule has 0 aromatic carbocycles. The van der Waals surface area contributed by atoms with Crippen LogP contribution in [0.5, 0.6) is 0 Å². The third-order valence-electron chi connectivity index (χ3n) is 2.28. The predicted octanol–water partition coefficient (Wildman–Crippen LogP) is 1.75. The number of thiazole rings is 1. The Morgan fingerprint density at radius 1 is 1.75 bits per heavy atom. The highest BCUT2D eigenvalue weighted by Crippen LogP contribution is 2.17. The van der Waals surface area contributed by atoms with E-state index in [4.69, 9.17) is 0 Å². The van der Waals surface area contributed by atoms with Gasteiger partial charge >= 0.3 is 0 Å². The first kappa shape index (κ1) is 8.20. The van der Waals surface area contributed by atoms with Crippen LogP contribution in [0.2, 0.25) is 0 Å². The first-order chi connectivity index (χ1) is 5.84. The zero-order chi connectivity index (χ0) is 8.39. The second-order valence-corrected chi connectivity index (χ2v) is 4.66. The molecule has 0 aliphatic carbocycles. The van der Waals surface area contributed by atoms with Gasteiger partial charge in [-0.05, 0) is 32.7 Å². The molecule has 2 rings (SSSR count). The largest absolute Gasteiger partial charge is 0.314 e. The molecule has 1 saturated heterocycles. The van der Waals surface area contributed by atoms with E-state index in [9.17, 15) is 0 Å². The lowest BCUT2D eigenvalue weighted by Gasteiger charge is -2.06. The molecule has 0 spiro atoms. The van der Waals surface area contributed by atoms with Crippen molar-refractivity contribution >= 4 is 11.3 Å². The number of rotatable bonds is 2. The van der Waals surface area contributed by atoms with Crippen LogP contribution in [0.3, 0.4) is 0 Å². The van der Waals surface area contributed by atoms with Crippen LogP contribution in [0.15, 0.2) is 6.20 Å². The van der Waals surface area contributed by atoms with Crippen LogP contribution in [-0.2, 0) is 6.42 Å². The van der Waals surface area contributed by atoms with Crippen LogP contribution in [0.4, 0.5) is 0 Å². The molecule has 0 saturated carbocycles. The lowest BCUT2D eigenvalue weighted by atomic mass is 10.1. The second-order valence-electron chi connectivity index (χ2n) is 3.34. The van der Waals surface area contributed by atoms with E-state index in [0.29, 0.717) is 6.04 Å². The first-order valence-electron chi connectivity index (χ1n) is 4.49. The van der Waals surface area contributed by atoms with Gasteiger partial charge in [-0.1, -0.05) is 0 Å². The molecule has 2 nitrogen and oxygen atoms in total. The summed E-state index contributed by atoms with van der Waals surface area (Å²) >= 11 is 1.82. The Hall–Kier alpha value is -0.410. The van der Waals surface area contributed by atoms with Gasteiger partial charge in [-0.3, -0.25) is 0 Å². The fourth-order valence-electron chi connectivity index (χ4n) is 1.67. The van der Waals surface area contributed by atoms with E-state index >= 15 is 0 Å². The minimum absolute atomic E-state index is 0.713. The number of hydrogen-bond donors (Lipinski definition) is 1. The Bertz CT molecular complexity index is 251. The highest BCUT2D eigenvalue weighted by molar-refractivity contribution is 7.11. The van der Waals surface area contributed by atoms with Crippen LogP contribution >= 0.6 is 11.3 Å². The number of aryl methyl sites for hydroxylation is 1. The van der Waals surface area contributed by atoms with Crippen LogP contribution in [0.1, 0.15) is 22.7 Å². The number of aromatic nitrogens is 1. The molecule has 1 N–H and O–H groups in total. The van der Waals surface area contributed by atoms with E-state index in [1.807, 2.05) is 17.5 Å². The third-order valence-corrected chi connectivity index (χ3v) is 3.21. The molecule has 0 radical (unpaired) electrons. The summed E-state index contributed by atoms with van der Waals surface area (Å²) in [4.78, 5) is 5.67. The Balaban J connectivity index is 1.94. The topological polar surface area (TPSA) is 24.9 Å². The average Bonchev–Trinajstić information content (AvgIpc) is 2.63. The summed E-state index contributed by atoms with van der Waals surface area (Å²) in [6.45, 7) is 3.26. The molecule has 12 heavy (non-hydrogen) atoms. The monoisotopic (exact) mass is 182 g/mol. The quantitative estimate of drug-likeness (QED) is 0.753. The van der Waals surface area contributed by atoms with Crippen molar-refractivity contribution in [3.05, 3.63) is 16.1 Å². The smallest absolute Gasteiger partial charge is 0.0896 e. The zero-order valence-electron chi connectivity index (χ0n) is 7.34. The molecule has 1 unspecified atom stereocenters. The molecule has 1 atom stereocenters. The van der Waals surface area contributed by atoms with E-state index in [1.165, 1.54) is 35.7 Å². The maximum absolute atomic E-state index is 4.25. The fraction of sp³-hybridized carbons (Fsp3) is 0.667. The Morgan fingerprint density at radius 3 is 3.25 bits per heavy atom. The Kier molecular flexibility index (Phi) is 2.42. The second kappa shape index (κ2) is 3.54. The fourth-order valence-corrected chi connectivity index (χ4v) is 2.55. The van der Waals surface area contributed by atoms with Gasteiger partial charge in [0.1, 0.15) is 0 Å². The average molecular weight is 182 g/mol. The molecule has 0 amide bonds. The highest BCUT2D eigenvalue weighted by Gasteiger charge is 2.14. The predicted molar refractivity (Wildman–Crippen MR) is 51.6 cm³/mol. The van der Waals surface area contributed by atoms with Gasteiger partial charge in [0.05, 0.1) is 5.01 Å². The van der Waals surface area contributed by atoms with Crippen molar-refractivity contribution in [2.24, 2.45) is 0 Å². The molecule has 3 heteroatoms. The van der Waals surface area contributed by atoms with Gasteiger partial charge in [-0.25, -0.2) is 4.98 Å². The van der Waals surface area contributed by atoms with Crippen LogP contribution < -0.4 is 5.32 Å². The molecule has 66 valence electrons. The number of hydrogen-bond acceptors (Lipinski definition) is 3. The third kappa shape index (κ3) is 1.84. The van der Waals surface area contributed by atoms with Gasteiger partial charge in [0.15, 0.2) is 0 Å². The Morgan fingerprint density at radius 2 is 2.67 bits per heavy atom. The standard InChI is InChI=1S/C9H14N2S/c1-7-11-6-9(12-7)5-8-3-2-4-10-8/h6,8,10H,2-5H2,1H3. The highest BCUT2D eigenvalue weighted by atomic mass is 32.1. The molecular formula is C9H14N2S. The molecule has 1 aromatic heterocycles. The summed E-state index contributed by atoms with van der Waals surface area (Å²) < 4.78 is 0. The summed E-state index contributed by atoms with van der Waals surface area (Å²) in [7, 11) is 0. The first-order valence-corrected chi connectivity index (χ1v) is 5.31. The van der Waals surface area contributed by atoms with Crippen molar-refractivity contribution in [2.75, 3.05) is 6.54 Å². The molecule has 1 fully saturated rings. The van der Waals surface area contributed by atoms with Crippen molar-refractivity contribution in [2.45, 2.75) is 32.2 Å². The van der Waals surface area contributed by atoms with Crippen LogP contribution in [0, 0.1) is 6.92 Å². The molecule has 1 aromatic rings. The van der Waals surface area contributed by atoms with Gasteiger partial charge in [0, 0.05) is 17.1 Å². The minimum Gasteiger partial charge on any atom is -0.314 e. The maximum Gasteiger partial charge on any atom is 0.0896 e. The van der Waals surface area contributed by atoms with Crippen molar-refractivity contribution in [1.29, 1.82) is 0 Å². The lowest BCUT2D eigenvalue weighted by molar-refractivity contribution is 0.607. The van der Waals surface area contributed by atoms with Gasteiger partial charge in [-0.15, -0.1) is 11.3 Å². The van der Waals surface area contributed by atoms with Crippen LogP contribution in [0.25, 0.3) is 0 Å². The van der Waals surface area contributed by atoms with E-state index in [-0.39, 0.29) is 0 Å². The van der Waals surface area contributed by atoms with Gasteiger partial charge in [-0.2, -0.15) is 0 Å². The van der Waals surface area contributed by atoms with E-state index in [2.05, 4.69) is 17.2 Å². The molecule has 1 aliphatic heterocycles. The van der Waals surface area contributed by atoms with Crippen molar-refractivity contribution in [3.8, 4) is 0 Å². The number of nitrogens with one attached hydrogen (secondary N) is 1.